The van der Waals surface area contributed by atoms with Crippen molar-refractivity contribution in [1.82, 2.24) is 0 Å². The van der Waals surface area contributed by atoms with Gasteiger partial charge in [0, 0.05) is 14.0 Å². The van der Waals surface area contributed by atoms with Crippen LogP contribution in [0, 0.1) is 17.8 Å². The van der Waals surface area contributed by atoms with Crippen molar-refractivity contribution in [1.29, 1.82) is 0 Å². The predicted octanol–water partition coefficient (Wildman–Crippen LogP) is 3.95. The van der Waals surface area contributed by atoms with E-state index in [1.807, 2.05) is 7.11 Å². The van der Waals surface area contributed by atoms with Crippen molar-refractivity contribution >= 4 is 5.97 Å². The van der Waals surface area contributed by atoms with Crippen LogP contribution in [-0.4, -0.2) is 25.3 Å². The van der Waals surface area contributed by atoms with Gasteiger partial charge in [0.25, 0.3) is 0 Å². The Morgan fingerprint density at radius 3 is 1.75 bits per heavy atom. The standard InChI is InChI=1S/C17H30O3/c1-12(14-4-8-16(19-3)9-5-14)15-6-10-17(11-7-15)20-13(2)18/h12,14-17H,4-11H2,1-3H3. The van der Waals surface area contributed by atoms with E-state index in [2.05, 4.69) is 6.92 Å². The first-order valence-corrected chi connectivity index (χ1v) is 8.30. The smallest absolute Gasteiger partial charge is 0.302 e. The molecule has 0 N–H and O–H groups in total. The zero-order valence-corrected chi connectivity index (χ0v) is 13.3. The Labute approximate surface area is 123 Å². The van der Waals surface area contributed by atoms with Crippen molar-refractivity contribution in [2.45, 2.75) is 77.4 Å². The molecule has 0 saturated heterocycles. The minimum Gasteiger partial charge on any atom is -0.463 e. The van der Waals surface area contributed by atoms with Crippen molar-refractivity contribution in [3.05, 3.63) is 0 Å². The van der Waals surface area contributed by atoms with Crippen LogP contribution < -0.4 is 0 Å². The van der Waals surface area contributed by atoms with Crippen molar-refractivity contribution in [2.24, 2.45) is 17.8 Å². The molecular weight excluding hydrogens is 252 g/mol. The number of esters is 1. The first kappa shape index (κ1) is 15.8. The van der Waals surface area contributed by atoms with Crippen LogP contribution in [0.1, 0.15) is 65.2 Å². The summed E-state index contributed by atoms with van der Waals surface area (Å²) in [4.78, 5) is 11.0. The second-order valence-electron chi connectivity index (χ2n) is 6.78. The van der Waals surface area contributed by atoms with Crippen LogP contribution in [-0.2, 0) is 14.3 Å². The summed E-state index contributed by atoms with van der Waals surface area (Å²) in [7, 11) is 1.84. The van der Waals surface area contributed by atoms with E-state index in [1.54, 1.807) is 0 Å². The lowest BCUT2D eigenvalue weighted by atomic mass is 9.70. The molecule has 2 aliphatic carbocycles. The van der Waals surface area contributed by atoms with Crippen LogP contribution in [0.15, 0.2) is 0 Å². The van der Waals surface area contributed by atoms with Crippen LogP contribution in [0.5, 0.6) is 0 Å². The number of hydrogen-bond donors (Lipinski definition) is 0. The van der Waals surface area contributed by atoms with Gasteiger partial charge in [-0.1, -0.05) is 6.92 Å². The van der Waals surface area contributed by atoms with Crippen molar-refractivity contribution in [3.63, 3.8) is 0 Å². The van der Waals surface area contributed by atoms with Gasteiger partial charge in [0.05, 0.1) is 6.10 Å². The van der Waals surface area contributed by atoms with Gasteiger partial charge in [0.2, 0.25) is 0 Å². The van der Waals surface area contributed by atoms with E-state index in [4.69, 9.17) is 9.47 Å². The summed E-state index contributed by atoms with van der Waals surface area (Å²) in [6, 6.07) is 0. The maximum atomic E-state index is 11.0. The van der Waals surface area contributed by atoms with E-state index < -0.39 is 0 Å². The van der Waals surface area contributed by atoms with E-state index in [0.29, 0.717) is 6.10 Å². The fourth-order valence-corrected chi connectivity index (χ4v) is 4.20. The van der Waals surface area contributed by atoms with Crippen LogP contribution in [0.2, 0.25) is 0 Å². The van der Waals surface area contributed by atoms with Gasteiger partial charge in [-0.15, -0.1) is 0 Å². The summed E-state index contributed by atoms with van der Waals surface area (Å²) in [6.45, 7) is 3.96. The molecule has 20 heavy (non-hydrogen) atoms. The normalized spacial score (nSPS) is 36.4. The van der Waals surface area contributed by atoms with Crippen molar-refractivity contribution in [3.8, 4) is 0 Å². The average molecular weight is 282 g/mol. The van der Waals surface area contributed by atoms with Gasteiger partial charge in [-0.2, -0.15) is 0 Å². The van der Waals surface area contributed by atoms with E-state index >= 15 is 0 Å². The fourth-order valence-electron chi connectivity index (χ4n) is 4.20. The number of carbonyl (C=O) groups excluding carboxylic acids is 1. The summed E-state index contributed by atoms with van der Waals surface area (Å²) in [6.07, 6.45) is 10.4. The number of methoxy groups -OCH3 is 1. The lowest BCUT2D eigenvalue weighted by Crippen LogP contribution is -2.32. The summed E-state index contributed by atoms with van der Waals surface area (Å²) >= 11 is 0. The van der Waals surface area contributed by atoms with Crippen molar-refractivity contribution in [2.75, 3.05) is 7.11 Å². The first-order valence-electron chi connectivity index (χ1n) is 8.30. The van der Waals surface area contributed by atoms with E-state index in [0.717, 1.165) is 30.6 Å². The van der Waals surface area contributed by atoms with Gasteiger partial charge >= 0.3 is 5.97 Å². The lowest BCUT2D eigenvalue weighted by Gasteiger charge is -2.38. The number of ether oxygens (including phenoxy) is 2. The zero-order valence-electron chi connectivity index (χ0n) is 13.3. The van der Waals surface area contributed by atoms with E-state index in [9.17, 15) is 4.79 Å². The van der Waals surface area contributed by atoms with E-state index in [1.165, 1.54) is 45.4 Å². The maximum absolute atomic E-state index is 11.0. The minimum atomic E-state index is -0.126. The maximum Gasteiger partial charge on any atom is 0.302 e. The minimum absolute atomic E-state index is 0.126. The molecule has 0 heterocycles. The summed E-state index contributed by atoms with van der Waals surface area (Å²) in [5, 5.41) is 0. The van der Waals surface area contributed by atoms with Crippen molar-refractivity contribution < 1.29 is 14.3 Å². The molecule has 0 aromatic heterocycles. The summed E-state index contributed by atoms with van der Waals surface area (Å²) < 4.78 is 10.8. The molecule has 1 atom stereocenters. The van der Waals surface area contributed by atoms with Crippen LogP contribution >= 0.6 is 0 Å². The molecule has 3 heteroatoms. The monoisotopic (exact) mass is 282 g/mol. The highest BCUT2D eigenvalue weighted by atomic mass is 16.5. The molecule has 2 rings (SSSR count). The summed E-state index contributed by atoms with van der Waals surface area (Å²) in [5.41, 5.74) is 0. The molecule has 2 fully saturated rings. The average Bonchev–Trinajstić information content (AvgIpc) is 2.47. The second-order valence-corrected chi connectivity index (χ2v) is 6.78. The highest BCUT2D eigenvalue weighted by molar-refractivity contribution is 5.66. The fraction of sp³-hybridized carbons (Fsp3) is 0.941. The van der Waals surface area contributed by atoms with Crippen LogP contribution in [0.4, 0.5) is 0 Å². The molecule has 0 amide bonds. The van der Waals surface area contributed by atoms with Gasteiger partial charge in [-0.25, -0.2) is 0 Å². The molecule has 0 spiro atoms. The Balaban J connectivity index is 1.74. The lowest BCUT2D eigenvalue weighted by molar-refractivity contribution is -0.148. The summed E-state index contributed by atoms with van der Waals surface area (Å²) in [5.74, 6) is 2.38. The van der Waals surface area contributed by atoms with Crippen LogP contribution in [0.25, 0.3) is 0 Å². The molecule has 116 valence electrons. The molecule has 0 radical (unpaired) electrons. The van der Waals surface area contributed by atoms with Gasteiger partial charge in [0.1, 0.15) is 6.10 Å². The van der Waals surface area contributed by atoms with Crippen LogP contribution in [0.3, 0.4) is 0 Å². The first-order chi connectivity index (χ1) is 9.60. The van der Waals surface area contributed by atoms with Gasteiger partial charge < -0.3 is 9.47 Å². The molecule has 2 aliphatic rings. The Hall–Kier alpha value is -0.570. The van der Waals surface area contributed by atoms with Gasteiger partial charge in [0.15, 0.2) is 0 Å². The quantitative estimate of drug-likeness (QED) is 0.732. The largest absolute Gasteiger partial charge is 0.463 e. The molecule has 0 aromatic rings. The third-order valence-electron chi connectivity index (χ3n) is 5.59. The Morgan fingerprint density at radius 2 is 1.35 bits per heavy atom. The molecule has 2 saturated carbocycles. The molecule has 3 nitrogen and oxygen atoms in total. The molecule has 1 unspecified atom stereocenters. The molecule has 0 aliphatic heterocycles. The second kappa shape index (κ2) is 7.44. The predicted molar refractivity (Wildman–Crippen MR) is 79.4 cm³/mol. The van der Waals surface area contributed by atoms with Gasteiger partial charge in [-0.05, 0) is 69.1 Å². The topological polar surface area (TPSA) is 35.5 Å². The number of hydrogen-bond acceptors (Lipinski definition) is 3. The SMILES string of the molecule is COC1CCC(C(C)C2CCC(OC(C)=O)CC2)CC1. The molecule has 0 bridgehead atoms. The zero-order chi connectivity index (χ0) is 14.5. The third kappa shape index (κ3) is 4.21. The highest BCUT2D eigenvalue weighted by Gasteiger charge is 2.32. The van der Waals surface area contributed by atoms with Gasteiger partial charge in [-0.3, -0.25) is 4.79 Å². The number of rotatable bonds is 4. The Kier molecular flexibility index (Phi) is 5.88. The molecular formula is C17H30O3. The third-order valence-corrected chi connectivity index (χ3v) is 5.59. The van der Waals surface area contributed by atoms with E-state index in [-0.39, 0.29) is 12.1 Å². The molecule has 0 aromatic carbocycles. The Morgan fingerprint density at radius 1 is 0.900 bits per heavy atom. The number of carbonyl (C=O) groups is 1. The highest BCUT2D eigenvalue weighted by Crippen LogP contribution is 2.40. The Bertz CT molecular complexity index is 299.